The number of hydrogen-bond donors (Lipinski definition) is 0. The summed E-state index contributed by atoms with van der Waals surface area (Å²) in [6, 6.07) is 3.69. The minimum absolute atomic E-state index is 0.449. The quantitative estimate of drug-likeness (QED) is 0.707. The summed E-state index contributed by atoms with van der Waals surface area (Å²) in [5.74, 6) is 2.55. The zero-order chi connectivity index (χ0) is 9.26. The summed E-state index contributed by atoms with van der Waals surface area (Å²) in [4.78, 5) is 0. The molecule has 0 saturated heterocycles. The molecule has 0 aliphatic rings. The highest BCUT2D eigenvalue weighted by Gasteiger charge is 2.09. The highest BCUT2D eigenvalue weighted by atomic mass is 16.4. The smallest absolute Gasteiger partial charge is 0.283 e. The summed E-state index contributed by atoms with van der Waals surface area (Å²) in [5.41, 5.74) is 0. The molecule has 2 heterocycles. The Morgan fingerprint density at radius 1 is 1.23 bits per heavy atom. The summed E-state index contributed by atoms with van der Waals surface area (Å²) >= 11 is 0. The van der Waals surface area contributed by atoms with Gasteiger partial charge in [-0.1, -0.05) is 6.92 Å². The topological polar surface area (TPSA) is 52.1 Å². The van der Waals surface area contributed by atoms with Gasteiger partial charge in [-0.25, -0.2) is 0 Å². The van der Waals surface area contributed by atoms with E-state index >= 15 is 0 Å². The largest absolute Gasteiger partial charge is 0.456 e. The second-order valence-electron chi connectivity index (χ2n) is 2.76. The first kappa shape index (κ1) is 8.04. The van der Waals surface area contributed by atoms with Crippen LogP contribution in [0.25, 0.3) is 11.7 Å². The van der Waals surface area contributed by atoms with Crippen LogP contribution in [0.4, 0.5) is 0 Å². The van der Waals surface area contributed by atoms with E-state index in [1.54, 1.807) is 0 Å². The van der Waals surface area contributed by atoms with Crippen molar-refractivity contribution < 1.29 is 8.83 Å². The van der Waals surface area contributed by atoms with Gasteiger partial charge in [0.05, 0.1) is 0 Å². The number of aryl methyl sites for hydroxylation is 2. The first-order chi connectivity index (χ1) is 6.29. The molecule has 2 aromatic rings. The van der Waals surface area contributed by atoms with Gasteiger partial charge in [0.1, 0.15) is 5.76 Å². The second kappa shape index (κ2) is 3.05. The van der Waals surface area contributed by atoms with Crippen LogP contribution in [0, 0.1) is 6.92 Å². The first-order valence-electron chi connectivity index (χ1n) is 4.19. The second-order valence-corrected chi connectivity index (χ2v) is 2.76. The van der Waals surface area contributed by atoms with E-state index in [1.165, 1.54) is 0 Å². The molecule has 2 aromatic heterocycles. The van der Waals surface area contributed by atoms with Crippen LogP contribution in [0.3, 0.4) is 0 Å². The molecule has 4 heteroatoms. The molecule has 0 aliphatic carbocycles. The molecule has 0 fully saturated rings. The summed E-state index contributed by atoms with van der Waals surface area (Å²) in [5, 5.41) is 7.70. The zero-order valence-corrected chi connectivity index (χ0v) is 7.57. The van der Waals surface area contributed by atoms with Crippen molar-refractivity contribution in [1.29, 1.82) is 0 Å². The van der Waals surface area contributed by atoms with Gasteiger partial charge in [0.15, 0.2) is 5.76 Å². The van der Waals surface area contributed by atoms with E-state index in [0.717, 1.165) is 12.2 Å². The van der Waals surface area contributed by atoms with Crippen molar-refractivity contribution in [2.75, 3.05) is 0 Å². The fourth-order valence-electron chi connectivity index (χ4n) is 1.05. The Morgan fingerprint density at radius 2 is 2.08 bits per heavy atom. The molecule has 0 amide bonds. The number of aromatic nitrogens is 2. The normalized spacial score (nSPS) is 10.6. The lowest BCUT2D eigenvalue weighted by Gasteiger charge is -1.86. The van der Waals surface area contributed by atoms with E-state index in [0.29, 0.717) is 17.5 Å². The lowest BCUT2D eigenvalue weighted by molar-refractivity contribution is 0.476. The van der Waals surface area contributed by atoms with Crippen molar-refractivity contribution in [2.24, 2.45) is 0 Å². The molecule has 0 atom stereocenters. The predicted molar refractivity (Wildman–Crippen MR) is 46.1 cm³/mol. The summed E-state index contributed by atoms with van der Waals surface area (Å²) in [6.07, 6.45) is 0.743. The minimum atomic E-state index is 0.449. The Hall–Kier alpha value is -1.58. The van der Waals surface area contributed by atoms with Gasteiger partial charge in [0.25, 0.3) is 5.89 Å². The minimum Gasteiger partial charge on any atom is -0.456 e. The Labute approximate surface area is 75.6 Å². The zero-order valence-electron chi connectivity index (χ0n) is 7.57. The Bertz CT molecular complexity index is 403. The molecular weight excluding hydrogens is 168 g/mol. The number of nitrogens with zero attached hydrogens (tertiary/aromatic N) is 2. The Morgan fingerprint density at radius 3 is 2.62 bits per heavy atom. The molecule has 0 unspecified atom stereocenters. The number of rotatable bonds is 2. The van der Waals surface area contributed by atoms with Crippen LogP contribution in [-0.4, -0.2) is 10.2 Å². The third-order valence-corrected chi connectivity index (χ3v) is 1.72. The van der Waals surface area contributed by atoms with E-state index in [2.05, 4.69) is 10.2 Å². The lowest BCUT2D eigenvalue weighted by atomic mass is 10.4. The third-order valence-electron chi connectivity index (χ3n) is 1.72. The Kier molecular flexibility index (Phi) is 1.88. The van der Waals surface area contributed by atoms with E-state index in [4.69, 9.17) is 8.83 Å². The summed E-state index contributed by atoms with van der Waals surface area (Å²) < 4.78 is 10.6. The van der Waals surface area contributed by atoms with Crippen molar-refractivity contribution in [3.63, 3.8) is 0 Å². The standard InChI is InChI=1S/C9H10N2O2/c1-3-8-10-11-9(13-8)7-5-4-6(2)12-7/h4-5H,3H2,1-2H3. The van der Waals surface area contributed by atoms with Crippen molar-refractivity contribution in [1.82, 2.24) is 10.2 Å². The van der Waals surface area contributed by atoms with E-state index in [-0.39, 0.29) is 0 Å². The van der Waals surface area contributed by atoms with Gasteiger partial charge in [0.2, 0.25) is 5.89 Å². The van der Waals surface area contributed by atoms with Gasteiger partial charge in [-0.05, 0) is 19.1 Å². The van der Waals surface area contributed by atoms with Crippen LogP contribution in [0.5, 0.6) is 0 Å². The van der Waals surface area contributed by atoms with Crippen molar-refractivity contribution in [2.45, 2.75) is 20.3 Å². The van der Waals surface area contributed by atoms with E-state index < -0.39 is 0 Å². The maximum atomic E-state index is 5.33. The van der Waals surface area contributed by atoms with Gasteiger partial charge in [0, 0.05) is 6.42 Å². The molecule has 4 nitrogen and oxygen atoms in total. The maximum Gasteiger partial charge on any atom is 0.283 e. The number of hydrogen-bond acceptors (Lipinski definition) is 4. The average Bonchev–Trinajstić information content (AvgIpc) is 2.71. The molecule has 0 radical (unpaired) electrons. The molecule has 0 spiro atoms. The average molecular weight is 178 g/mol. The molecule has 2 rings (SSSR count). The highest BCUT2D eigenvalue weighted by molar-refractivity contribution is 5.43. The monoisotopic (exact) mass is 178 g/mol. The van der Waals surface area contributed by atoms with Gasteiger partial charge in [-0.15, -0.1) is 10.2 Å². The van der Waals surface area contributed by atoms with Crippen LogP contribution in [0.15, 0.2) is 21.0 Å². The van der Waals surface area contributed by atoms with Gasteiger partial charge >= 0.3 is 0 Å². The van der Waals surface area contributed by atoms with Crippen LogP contribution >= 0.6 is 0 Å². The third kappa shape index (κ3) is 1.47. The molecule has 0 saturated carbocycles. The summed E-state index contributed by atoms with van der Waals surface area (Å²) in [7, 11) is 0. The first-order valence-corrected chi connectivity index (χ1v) is 4.19. The Balaban J connectivity index is 2.35. The van der Waals surface area contributed by atoms with Gasteiger partial charge in [-0.3, -0.25) is 0 Å². The maximum absolute atomic E-state index is 5.33. The van der Waals surface area contributed by atoms with E-state index in [9.17, 15) is 0 Å². The van der Waals surface area contributed by atoms with Crippen LogP contribution < -0.4 is 0 Å². The number of furan rings is 1. The van der Waals surface area contributed by atoms with Crippen molar-refractivity contribution >= 4 is 0 Å². The van der Waals surface area contributed by atoms with E-state index in [1.807, 2.05) is 26.0 Å². The van der Waals surface area contributed by atoms with Crippen molar-refractivity contribution in [3.05, 3.63) is 23.8 Å². The predicted octanol–water partition coefficient (Wildman–Crippen LogP) is 2.20. The molecule has 0 aromatic carbocycles. The lowest BCUT2D eigenvalue weighted by Crippen LogP contribution is -1.76. The van der Waals surface area contributed by atoms with Crippen LogP contribution in [-0.2, 0) is 6.42 Å². The van der Waals surface area contributed by atoms with Crippen molar-refractivity contribution in [3.8, 4) is 11.7 Å². The molecule has 0 N–H and O–H groups in total. The van der Waals surface area contributed by atoms with Crippen LogP contribution in [0.2, 0.25) is 0 Å². The highest BCUT2D eigenvalue weighted by Crippen LogP contribution is 2.20. The molecule has 0 bridgehead atoms. The fourth-order valence-corrected chi connectivity index (χ4v) is 1.05. The van der Waals surface area contributed by atoms with Crippen LogP contribution in [0.1, 0.15) is 18.6 Å². The summed E-state index contributed by atoms with van der Waals surface area (Å²) in [6.45, 7) is 3.84. The molecule has 0 aliphatic heterocycles. The molecule has 68 valence electrons. The SMILES string of the molecule is CCc1nnc(-c2ccc(C)o2)o1. The molecule has 13 heavy (non-hydrogen) atoms. The fraction of sp³-hybridized carbons (Fsp3) is 0.333. The molecular formula is C9H10N2O2. The van der Waals surface area contributed by atoms with Gasteiger partial charge in [-0.2, -0.15) is 0 Å². The van der Waals surface area contributed by atoms with Gasteiger partial charge < -0.3 is 8.83 Å².